The second kappa shape index (κ2) is 12.0. The van der Waals surface area contributed by atoms with E-state index in [4.69, 9.17) is 9.47 Å². The fourth-order valence-corrected chi connectivity index (χ4v) is 2.61. The van der Waals surface area contributed by atoms with Gasteiger partial charge in [0.05, 0.1) is 25.9 Å². The number of methoxy groups -OCH3 is 1. The molecule has 4 nitrogen and oxygen atoms in total. The lowest BCUT2D eigenvalue weighted by Crippen LogP contribution is -2.01. The summed E-state index contributed by atoms with van der Waals surface area (Å²) >= 11 is 0. The van der Waals surface area contributed by atoms with Crippen LogP contribution in [-0.2, 0) is 4.74 Å². The van der Waals surface area contributed by atoms with Crippen molar-refractivity contribution >= 4 is 5.97 Å². The molecule has 2 aromatic carbocycles. The van der Waals surface area contributed by atoms with Gasteiger partial charge in [-0.3, -0.25) is 0 Å². The van der Waals surface area contributed by atoms with E-state index in [9.17, 15) is 4.79 Å². The average Bonchev–Trinajstić information content (AvgIpc) is 2.70. The molecule has 2 rings (SSSR count). The lowest BCUT2D eigenvalue weighted by molar-refractivity contribution is 0.0600. The summed E-state index contributed by atoms with van der Waals surface area (Å²) in [4.78, 5) is 11.4. The van der Waals surface area contributed by atoms with Crippen molar-refractivity contribution in [1.82, 2.24) is 0 Å². The van der Waals surface area contributed by atoms with E-state index in [1.165, 1.54) is 32.8 Å². The molecular weight excluding hydrogens is 328 g/mol. The molecule has 0 unspecified atom stereocenters. The van der Waals surface area contributed by atoms with E-state index in [0.717, 1.165) is 30.9 Å². The molecule has 0 fully saturated rings. The van der Waals surface area contributed by atoms with Crippen LogP contribution < -0.4 is 9.47 Å². The maximum atomic E-state index is 11.4. The maximum absolute atomic E-state index is 11.4. The Morgan fingerprint density at radius 3 is 1.73 bits per heavy atom. The van der Waals surface area contributed by atoms with Crippen LogP contribution in [-0.4, -0.2) is 26.3 Å². The molecule has 0 N–H and O–H groups in total. The number of unbranched alkanes of at least 4 members (excludes halogenated alkanes) is 5. The lowest BCUT2D eigenvalue weighted by Gasteiger charge is -2.07. The number of para-hydroxylation sites is 1. The van der Waals surface area contributed by atoms with Crippen molar-refractivity contribution in [2.45, 2.75) is 38.5 Å². The first-order chi connectivity index (χ1) is 12.8. The molecule has 0 bridgehead atoms. The summed E-state index contributed by atoms with van der Waals surface area (Å²) in [5, 5.41) is 0. The third-order valence-electron chi connectivity index (χ3n) is 4.09. The van der Waals surface area contributed by atoms with Crippen LogP contribution in [0.5, 0.6) is 11.5 Å². The number of esters is 1. The number of ether oxygens (including phenoxy) is 3. The second-order valence-corrected chi connectivity index (χ2v) is 6.15. The minimum atomic E-state index is -0.328. The van der Waals surface area contributed by atoms with Gasteiger partial charge in [-0.1, -0.05) is 43.9 Å². The van der Waals surface area contributed by atoms with Gasteiger partial charge in [-0.25, -0.2) is 4.79 Å². The summed E-state index contributed by atoms with van der Waals surface area (Å²) in [5.41, 5.74) is 0.538. The lowest BCUT2D eigenvalue weighted by atomic mass is 10.1. The van der Waals surface area contributed by atoms with Gasteiger partial charge in [-0.2, -0.15) is 0 Å². The number of carbonyl (C=O) groups excluding carboxylic acids is 1. The highest BCUT2D eigenvalue weighted by Crippen LogP contribution is 2.14. The minimum absolute atomic E-state index is 0.328. The van der Waals surface area contributed by atoms with Crippen LogP contribution in [0.25, 0.3) is 0 Å². The third kappa shape index (κ3) is 7.60. The van der Waals surface area contributed by atoms with Gasteiger partial charge in [0.1, 0.15) is 11.5 Å². The summed E-state index contributed by atoms with van der Waals surface area (Å²) in [7, 11) is 1.38. The molecule has 0 amide bonds. The quantitative estimate of drug-likeness (QED) is 0.384. The predicted octanol–water partition coefficient (Wildman–Crippen LogP) is 5.27. The predicted molar refractivity (Wildman–Crippen MR) is 103 cm³/mol. The minimum Gasteiger partial charge on any atom is -0.494 e. The molecule has 0 heterocycles. The first kappa shape index (κ1) is 19.8. The molecule has 0 saturated heterocycles. The Morgan fingerprint density at radius 2 is 1.19 bits per heavy atom. The monoisotopic (exact) mass is 356 g/mol. The van der Waals surface area contributed by atoms with Gasteiger partial charge in [-0.05, 0) is 49.2 Å². The molecule has 140 valence electrons. The molecule has 0 radical (unpaired) electrons. The van der Waals surface area contributed by atoms with Crippen molar-refractivity contribution in [3.05, 3.63) is 60.2 Å². The SMILES string of the molecule is COC(=O)c1ccc(OCCCCCCCCOc2ccccc2)cc1. The molecule has 0 aliphatic carbocycles. The highest BCUT2D eigenvalue weighted by Gasteiger charge is 2.04. The van der Waals surface area contributed by atoms with Crippen molar-refractivity contribution in [2.24, 2.45) is 0 Å². The summed E-state index contributed by atoms with van der Waals surface area (Å²) in [6.45, 7) is 1.49. The first-order valence-electron chi connectivity index (χ1n) is 9.28. The van der Waals surface area contributed by atoms with Crippen LogP contribution in [0.3, 0.4) is 0 Å². The zero-order chi connectivity index (χ0) is 18.5. The molecule has 0 atom stereocenters. The fraction of sp³-hybridized carbons (Fsp3) is 0.409. The van der Waals surface area contributed by atoms with Crippen LogP contribution in [0, 0.1) is 0 Å². The van der Waals surface area contributed by atoms with Crippen LogP contribution in [0.2, 0.25) is 0 Å². The van der Waals surface area contributed by atoms with Gasteiger partial charge in [0.15, 0.2) is 0 Å². The molecule has 0 aliphatic rings. The summed E-state index contributed by atoms with van der Waals surface area (Å²) in [5.74, 6) is 1.41. The Bertz CT molecular complexity index is 622. The van der Waals surface area contributed by atoms with E-state index in [1.807, 2.05) is 30.3 Å². The maximum Gasteiger partial charge on any atom is 0.337 e. The van der Waals surface area contributed by atoms with Crippen molar-refractivity contribution < 1.29 is 19.0 Å². The third-order valence-corrected chi connectivity index (χ3v) is 4.09. The van der Waals surface area contributed by atoms with Crippen molar-refractivity contribution in [3.8, 4) is 11.5 Å². The van der Waals surface area contributed by atoms with Crippen LogP contribution >= 0.6 is 0 Å². The Hall–Kier alpha value is -2.49. The molecular formula is C22H28O4. The van der Waals surface area contributed by atoms with Crippen molar-refractivity contribution in [2.75, 3.05) is 20.3 Å². The average molecular weight is 356 g/mol. The van der Waals surface area contributed by atoms with E-state index in [2.05, 4.69) is 4.74 Å². The molecule has 0 saturated carbocycles. The standard InChI is InChI=1S/C22H28O4/c1-24-22(23)19-13-15-21(16-14-19)26-18-10-5-3-2-4-9-17-25-20-11-7-6-8-12-20/h6-8,11-16H,2-5,9-10,17-18H2,1H3. The Balaban J connectivity index is 1.44. The number of benzene rings is 2. The van der Waals surface area contributed by atoms with E-state index in [1.54, 1.807) is 24.3 Å². The van der Waals surface area contributed by atoms with E-state index >= 15 is 0 Å². The van der Waals surface area contributed by atoms with E-state index < -0.39 is 0 Å². The zero-order valence-corrected chi connectivity index (χ0v) is 15.5. The largest absolute Gasteiger partial charge is 0.494 e. The van der Waals surface area contributed by atoms with E-state index in [0.29, 0.717) is 12.2 Å². The Morgan fingerprint density at radius 1 is 0.692 bits per heavy atom. The number of hydrogen-bond acceptors (Lipinski definition) is 4. The number of hydrogen-bond donors (Lipinski definition) is 0. The Kier molecular flexibility index (Phi) is 9.12. The summed E-state index contributed by atoms with van der Waals surface area (Å²) < 4.78 is 16.0. The van der Waals surface area contributed by atoms with Gasteiger partial charge in [0.25, 0.3) is 0 Å². The van der Waals surface area contributed by atoms with Gasteiger partial charge in [0.2, 0.25) is 0 Å². The van der Waals surface area contributed by atoms with Gasteiger partial charge in [0, 0.05) is 0 Å². The number of rotatable bonds is 12. The van der Waals surface area contributed by atoms with Gasteiger partial charge in [-0.15, -0.1) is 0 Å². The van der Waals surface area contributed by atoms with Gasteiger partial charge < -0.3 is 14.2 Å². The van der Waals surface area contributed by atoms with Crippen LogP contribution in [0.15, 0.2) is 54.6 Å². The van der Waals surface area contributed by atoms with Gasteiger partial charge >= 0.3 is 5.97 Å². The van der Waals surface area contributed by atoms with Crippen molar-refractivity contribution in [1.29, 1.82) is 0 Å². The molecule has 2 aromatic rings. The van der Waals surface area contributed by atoms with Crippen molar-refractivity contribution in [3.63, 3.8) is 0 Å². The van der Waals surface area contributed by atoms with E-state index in [-0.39, 0.29) is 5.97 Å². The Labute approximate surface area is 156 Å². The highest BCUT2D eigenvalue weighted by molar-refractivity contribution is 5.89. The molecule has 4 heteroatoms. The summed E-state index contributed by atoms with van der Waals surface area (Å²) in [6, 6.07) is 17.0. The molecule has 26 heavy (non-hydrogen) atoms. The zero-order valence-electron chi connectivity index (χ0n) is 15.5. The molecule has 0 spiro atoms. The summed E-state index contributed by atoms with van der Waals surface area (Å²) in [6.07, 6.45) is 6.95. The second-order valence-electron chi connectivity index (χ2n) is 6.15. The fourth-order valence-electron chi connectivity index (χ4n) is 2.61. The first-order valence-corrected chi connectivity index (χ1v) is 9.28. The molecule has 0 aromatic heterocycles. The van der Waals surface area contributed by atoms with Crippen LogP contribution in [0.4, 0.5) is 0 Å². The topological polar surface area (TPSA) is 44.8 Å². The highest BCUT2D eigenvalue weighted by atomic mass is 16.5. The number of carbonyl (C=O) groups is 1. The normalized spacial score (nSPS) is 10.3. The smallest absolute Gasteiger partial charge is 0.337 e. The van der Waals surface area contributed by atoms with Crippen LogP contribution in [0.1, 0.15) is 48.9 Å². The molecule has 0 aliphatic heterocycles.